The van der Waals surface area contributed by atoms with Gasteiger partial charge in [0.25, 0.3) is 5.91 Å². The first-order valence-corrected chi connectivity index (χ1v) is 19.2. The van der Waals surface area contributed by atoms with Crippen LogP contribution in [0.3, 0.4) is 0 Å². The molecular weight excluding hydrogens is 664 g/mol. The van der Waals surface area contributed by atoms with Crippen molar-refractivity contribution in [2.75, 3.05) is 6.54 Å². The lowest BCUT2D eigenvalue weighted by Crippen LogP contribution is -2.58. The van der Waals surface area contributed by atoms with Crippen molar-refractivity contribution in [3.05, 3.63) is 47.5 Å². The van der Waals surface area contributed by atoms with Crippen LogP contribution >= 0.6 is 0 Å². The van der Waals surface area contributed by atoms with Crippen LogP contribution in [0.4, 0.5) is 9.59 Å². The molecule has 2 saturated carbocycles. The number of ether oxygens (including phenoxy) is 1. The number of hydrogen-bond acceptors (Lipinski definition) is 8. The SMILES string of the molecule is CC(C)(C)OC(=O)N[C@H]1CCCCC/C=C\[C@H]2C[C@@]2(C(=O)NS(=O)(=O)C2CC2)NC(=O)[C@@H]2C[C@@H](NC(=O)N3Cc4ccccc4C3)CN2C1=O. The minimum Gasteiger partial charge on any atom is -0.444 e. The van der Waals surface area contributed by atoms with Gasteiger partial charge in [0.2, 0.25) is 21.8 Å². The van der Waals surface area contributed by atoms with Gasteiger partial charge in [-0.15, -0.1) is 0 Å². The van der Waals surface area contributed by atoms with Crippen LogP contribution in [0.5, 0.6) is 0 Å². The number of sulfonamides is 1. The fourth-order valence-corrected chi connectivity index (χ4v) is 8.46. The predicted octanol–water partition coefficient (Wildman–Crippen LogP) is 2.58. The van der Waals surface area contributed by atoms with Gasteiger partial charge >= 0.3 is 12.1 Å². The standard InChI is InChI=1S/C35H48N6O8S/c1-34(2,3)49-33(46)37-27-14-8-6-4-5-7-13-24-18-35(24,31(44)39-50(47,48)26-15-16-26)38-29(42)28-17-25(21-41(28)30(27)43)36-32(45)40-19-22-11-9-10-12-23(22)20-40/h7,9-13,24-28H,4-6,8,14-21H2,1-3H3,(H,36,45)(H,37,46)(H,38,42)(H,39,44)/b13-7-/t24-,25+,27-,28-,35+/m0/s1. The van der Waals surface area contributed by atoms with Crippen molar-refractivity contribution < 1.29 is 37.1 Å². The number of fused-ring (bicyclic) bond motifs is 3. The second-order valence-electron chi connectivity index (χ2n) is 15.2. The average Bonchev–Trinajstić information content (AvgIpc) is 3.92. The summed E-state index contributed by atoms with van der Waals surface area (Å²) in [5.41, 5.74) is -0.204. The summed E-state index contributed by atoms with van der Waals surface area (Å²) >= 11 is 0. The molecule has 14 nitrogen and oxygen atoms in total. The molecule has 50 heavy (non-hydrogen) atoms. The molecule has 1 saturated heterocycles. The van der Waals surface area contributed by atoms with E-state index in [1.165, 1.54) is 4.90 Å². The topological polar surface area (TPSA) is 183 Å². The van der Waals surface area contributed by atoms with Gasteiger partial charge in [-0.25, -0.2) is 18.0 Å². The van der Waals surface area contributed by atoms with E-state index in [-0.39, 0.29) is 25.4 Å². The Morgan fingerprint density at radius 2 is 1.68 bits per heavy atom. The van der Waals surface area contributed by atoms with Crippen LogP contribution in [0.2, 0.25) is 0 Å². The first-order valence-electron chi connectivity index (χ1n) is 17.6. The molecule has 6 rings (SSSR count). The van der Waals surface area contributed by atoms with Crippen LogP contribution in [0.15, 0.2) is 36.4 Å². The van der Waals surface area contributed by atoms with Gasteiger partial charge in [-0.2, -0.15) is 0 Å². The molecular formula is C35H48N6O8S. The third-order valence-corrected chi connectivity index (χ3v) is 11.8. The van der Waals surface area contributed by atoms with E-state index in [2.05, 4.69) is 20.7 Å². The monoisotopic (exact) mass is 712 g/mol. The van der Waals surface area contributed by atoms with E-state index in [1.807, 2.05) is 36.4 Å². The lowest BCUT2D eigenvalue weighted by Gasteiger charge is -2.30. The molecule has 5 aliphatic rings. The summed E-state index contributed by atoms with van der Waals surface area (Å²) in [4.78, 5) is 71.4. The second-order valence-corrected chi connectivity index (χ2v) is 17.2. The molecule has 15 heteroatoms. The molecule has 272 valence electrons. The predicted molar refractivity (Wildman–Crippen MR) is 183 cm³/mol. The highest BCUT2D eigenvalue weighted by atomic mass is 32.2. The van der Waals surface area contributed by atoms with Gasteiger partial charge in [-0.1, -0.05) is 49.3 Å². The molecule has 4 N–H and O–H groups in total. The molecule has 2 aliphatic carbocycles. The van der Waals surface area contributed by atoms with E-state index in [0.29, 0.717) is 45.2 Å². The smallest absolute Gasteiger partial charge is 0.408 e. The Morgan fingerprint density at radius 3 is 2.34 bits per heavy atom. The van der Waals surface area contributed by atoms with E-state index < -0.39 is 74.3 Å². The highest BCUT2D eigenvalue weighted by Crippen LogP contribution is 2.46. The molecule has 0 aromatic heterocycles. The van der Waals surface area contributed by atoms with Crippen molar-refractivity contribution in [1.29, 1.82) is 0 Å². The molecule has 5 atom stereocenters. The van der Waals surface area contributed by atoms with Gasteiger partial charge in [-0.3, -0.25) is 19.1 Å². The number of amides is 6. The van der Waals surface area contributed by atoms with Crippen LogP contribution in [-0.4, -0.2) is 89.1 Å². The summed E-state index contributed by atoms with van der Waals surface area (Å²) in [5.74, 6) is -2.36. The Kier molecular flexibility index (Phi) is 9.90. The van der Waals surface area contributed by atoms with Gasteiger partial charge in [0.1, 0.15) is 23.2 Å². The summed E-state index contributed by atoms with van der Waals surface area (Å²) in [6.07, 6.45) is 7.41. The zero-order valence-electron chi connectivity index (χ0n) is 28.9. The number of benzene rings is 1. The number of nitrogens with zero attached hydrogens (tertiary/aromatic N) is 2. The minimum atomic E-state index is -3.88. The lowest BCUT2D eigenvalue weighted by molar-refractivity contribution is -0.141. The third kappa shape index (κ3) is 8.08. The number of hydrogen-bond donors (Lipinski definition) is 4. The number of carbonyl (C=O) groups is 5. The molecule has 0 bridgehead atoms. The summed E-state index contributed by atoms with van der Waals surface area (Å²) < 4.78 is 33.2. The minimum absolute atomic E-state index is 0.00542. The highest BCUT2D eigenvalue weighted by Gasteiger charge is 2.62. The van der Waals surface area contributed by atoms with E-state index in [4.69, 9.17) is 4.74 Å². The van der Waals surface area contributed by atoms with Crippen LogP contribution in [0.1, 0.15) is 89.7 Å². The van der Waals surface area contributed by atoms with Crippen molar-refractivity contribution in [2.24, 2.45) is 5.92 Å². The van der Waals surface area contributed by atoms with Gasteiger partial charge < -0.3 is 30.5 Å². The van der Waals surface area contributed by atoms with Crippen LogP contribution < -0.4 is 20.7 Å². The van der Waals surface area contributed by atoms with Crippen LogP contribution in [-0.2, 0) is 42.2 Å². The summed E-state index contributed by atoms with van der Waals surface area (Å²) in [7, 11) is -3.88. The third-order valence-electron chi connectivity index (χ3n) is 10.0. The van der Waals surface area contributed by atoms with Crippen molar-refractivity contribution in [1.82, 2.24) is 30.5 Å². The highest BCUT2D eigenvalue weighted by molar-refractivity contribution is 7.91. The molecule has 3 fully saturated rings. The number of alkyl carbamates (subject to hydrolysis) is 1. The molecule has 0 radical (unpaired) electrons. The summed E-state index contributed by atoms with van der Waals surface area (Å²) in [6.45, 7) is 6.02. The van der Waals surface area contributed by atoms with E-state index in [1.54, 1.807) is 25.7 Å². The first-order chi connectivity index (χ1) is 23.6. The van der Waals surface area contributed by atoms with Crippen molar-refractivity contribution in [3.63, 3.8) is 0 Å². The van der Waals surface area contributed by atoms with Crippen molar-refractivity contribution in [2.45, 2.75) is 126 Å². The normalized spacial score (nSPS) is 29.3. The Hall–Kier alpha value is -4.14. The Balaban J connectivity index is 1.25. The van der Waals surface area contributed by atoms with Crippen molar-refractivity contribution in [3.8, 4) is 0 Å². The Morgan fingerprint density at radius 1 is 0.980 bits per heavy atom. The molecule has 0 spiro atoms. The second kappa shape index (κ2) is 13.9. The van der Waals surface area contributed by atoms with Gasteiger partial charge in [-0.05, 0) is 76.8 Å². The summed E-state index contributed by atoms with van der Waals surface area (Å²) in [5, 5.41) is 7.93. The molecule has 0 unspecified atom stereocenters. The number of nitrogens with one attached hydrogen (secondary N) is 4. The molecule has 1 aromatic rings. The molecule has 3 aliphatic heterocycles. The lowest BCUT2D eigenvalue weighted by atomic mass is 10.0. The first kappa shape index (κ1) is 35.7. The number of rotatable bonds is 5. The maximum Gasteiger partial charge on any atom is 0.408 e. The molecule has 3 heterocycles. The maximum absolute atomic E-state index is 14.3. The number of urea groups is 1. The van der Waals surface area contributed by atoms with Crippen molar-refractivity contribution >= 4 is 39.9 Å². The Labute approximate surface area is 293 Å². The molecule has 1 aromatic carbocycles. The molecule has 6 amide bonds. The van der Waals surface area contributed by atoms with Gasteiger partial charge in [0.05, 0.1) is 11.3 Å². The van der Waals surface area contributed by atoms with E-state index in [0.717, 1.165) is 24.0 Å². The zero-order valence-corrected chi connectivity index (χ0v) is 29.7. The van der Waals surface area contributed by atoms with Gasteiger partial charge in [0, 0.05) is 25.6 Å². The van der Waals surface area contributed by atoms with Gasteiger partial charge in [0.15, 0.2) is 0 Å². The van der Waals surface area contributed by atoms with Crippen LogP contribution in [0.25, 0.3) is 0 Å². The average molecular weight is 713 g/mol. The number of carbonyl (C=O) groups excluding carboxylic acids is 5. The van der Waals surface area contributed by atoms with Crippen LogP contribution in [0, 0.1) is 5.92 Å². The van der Waals surface area contributed by atoms with E-state index in [9.17, 15) is 32.4 Å². The Bertz CT molecular complexity index is 1650. The quantitative estimate of drug-likeness (QED) is 0.336. The maximum atomic E-state index is 14.3. The fraction of sp³-hybridized carbons (Fsp3) is 0.629. The zero-order chi connectivity index (χ0) is 35.8. The van der Waals surface area contributed by atoms with E-state index >= 15 is 0 Å². The largest absolute Gasteiger partial charge is 0.444 e. The number of allylic oxidation sites excluding steroid dienone is 1. The fourth-order valence-electron chi connectivity index (χ4n) is 7.10. The summed E-state index contributed by atoms with van der Waals surface area (Å²) in [6, 6.07) is 4.73.